The van der Waals surface area contributed by atoms with E-state index in [1.165, 1.54) is 11.8 Å². The molecule has 2 rings (SSSR count). The highest BCUT2D eigenvalue weighted by Crippen LogP contribution is 2.15. The minimum Gasteiger partial charge on any atom is -0.467 e. The van der Waals surface area contributed by atoms with Gasteiger partial charge in [-0.2, -0.15) is 0 Å². The zero-order valence-corrected chi connectivity index (χ0v) is 14.1. The smallest absolute Gasteiger partial charge is 0.238 e. The molecule has 0 fully saturated rings. The number of aromatic nitrogens is 1. The van der Waals surface area contributed by atoms with Gasteiger partial charge < -0.3 is 19.2 Å². The van der Waals surface area contributed by atoms with E-state index in [2.05, 4.69) is 10.5 Å². The molecule has 0 radical (unpaired) electrons. The van der Waals surface area contributed by atoms with Gasteiger partial charge in [0.05, 0.1) is 23.8 Å². The van der Waals surface area contributed by atoms with Crippen LogP contribution in [0.4, 0.5) is 5.82 Å². The van der Waals surface area contributed by atoms with Crippen molar-refractivity contribution in [3.05, 3.63) is 36.0 Å². The van der Waals surface area contributed by atoms with Crippen LogP contribution in [-0.2, 0) is 16.1 Å². The second kappa shape index (κ2) is 7.87. The fourth-order valence-electron chi connectivity index (χ4n) is 1.76. The maximum absolute atomic E-state index is 12.1. The molecule has 0 aromatic carbocycles. The van der Waals surface area contributed by atoms with Gasteiger partial charge in [0.25, 0.3) is 0 Å². The topological polar surface area (TPSA) is 88.6 Å². The Kier molecular flexibility index (Phi) is 5.86. The standard InChI is InChI=1S/C15H19N3O4S/c1-10-7-13(17-22-10)16-15(20)11(2)23-9-14(19)18(3)8-12-5-4-6-21-12/h4-7,11H,8-9H2,1-3H3,(H,16,17,20). The Balaban J connectivity index is 1.75. The van der Waals surface area contributed by atoms with Crippen LogP contribution in [0.25, 0.3) is 0 Å². The lowest BCUT2D eigenvalue weighted by Gasteiger charge is -2.17. The summed E-state index contributed by atoms with van der Waals surface area (Å²) in [6.45, 7) is 3.90. The van der Waals surface area contributed by atoms with Gasteiger partial charge >= 0.3 is 0 Å². The lowest BCUT2D eigenvalue weighted by molar-refractivity contribution is -0.127. The Morgan fingerprint density at radius 3 is 2.87 bits per heavy atom. The summed E-state index contributed by atoms with van der Waals surface area (Å²) in [5.41, 5.74) is 0. The van der Waals surface area contributed by atoms with Gasteiger partial charge in [0.1, 0.15) is 11.5 Å². The quantitative estimate of drug-likeness (QED) is 0.834. The molecule has 7 nitrogen and oxygen atoms in total. The summed E-state index contributed by atoms with van der Waals surface area (Å²) in [7, 11) is 1.70. The van der Waals surface area contributed by atoms with Crippen molar-refractivity contribution in [1.82, 2.24) is 10.1 Å². The van der Waals surface area contributed by atoms with Gasteiger partial charge in [0.15, 0.2) is 5.82 Å². The van der Waals surface area contributed by atoms with Gasteiger partial charge in [0.2, 0.25) is 11.8 Å². The van der Waals surface area contributed by atoms with E-state index in [1.807, 2.05) is 6.07 Å². The SMILES string of the molecule is Cc1cc(NC(=O)C(C)SCC(=O)N(C)Cc2ccco2)no1. The van der Waals surface area contributed by atoms with E-state index in [-0.39, 0.29) is 22.8 Å². The summed E-state index contributed by atoms with van der Waals surface area (Å²) < 4.78 is 10.1. The number of hydrogen-bond acceptors (Lipinski definition) is 6. The molecule has 2 aromatic heterocycles. The fraction of sp³-hybridized carbons (Fsp3) is 0.400. The number of anilines is 1. The fourth-order valence-corrected chi connectivity index (χ4v) is 2.58. The molecule has 124 valence electrons. The van der Waals surface area contributed by atoms with E-state index in [0.717, 1.165) is 5.76 Å². The van der Waals surface area contributed by atoms with Crippen LogP contribution >= 0.6 is 11.8 Å². The van der Waals surface area contributed by atoms with E-state index in [1.54, 1.807) is 44.2 Å². The molecular formula is C15H19N3O4S. The van der Waals surface area contributed by atoms with Crippen LogP contribution in [0.5, 0.6) is 0 Å². The van der Waals surface area contributed by atoms with Crippen molar-refractivity contribution in [2.45, 2.75) is 25.6 Å². The highest BCUT2D eigenvalue weighted by molar-refractivity contribution is 8.01. The van der Waals surface area contributed by atoms with Gasteiger partial charge in [-0.15, -0.1) is 11.8 Å². The molecule has 1 unspecified atom stereocenters. The lowest BCUT2D eigenvalue weighted by Crippen LogP contribution is -2.30. The summed E-state index contributed by atoms with van der Waals surface area (Å²) in [4.78, 5) is 25.6. The minimum atomic E-state index is -0.382. The van der Waals surface area contributed by atoms with Crippen molar-refractivity contribution in [1.29, 1.82) is 0 Å². The Labute approximate surface area is 138 Å². The summed E-state index contributed by atoms with van der Waals surface area (Å²) in [5, 5.41) is 5.97. The molecule has 0 bridgehead atoms. The van der Waals surface area contributed by atoms with Gasteiger partial charge in [-0.1, -0.05) is 5.16 Å². The molecular weight excluding hydrogens is 318 g/mol. The van der Waals surface area contributed by atoms with Gasteiger partial charge in [-0.25, -0.2) is 0 Å². The normalized spacial score (nSPS) is 12.0. The van der Waals surface area contributed by atoms with Crippen molar-refractivity contribution in [2.24, 2.45) is 0 Å². The number of furan rings is 1. The lowest BCUT2D eigenvalue weighted by atomic mass is 10.4. The minimum absolute atomic E-state index is 0.0664. The van der Waals surface area contributed by atoms with Crippen LogP contribution in [0.1, 0.15) is 18.4 Å². The molecule has 2 amide bonds. The molecule has 0 aliphatic rings. The zero-order chi connectivity index (χ0) is 16.8. The first-order valence-corrected chi connectivity index (χ1v) is 8.12. The van der Waals surface area contributed by atoms with Gasteiger partial charge in [0, 0.05) is 13.1 Å². The predicted molar refractivity (Wildman–Crippen MR) is 87.0 cm³/mol. The number of carbonyl (C=O) groups is 2. The Bertz CT molecular complexity index is 653. The molecule has 23 heavy (non-hydrogen) atoms. The van der Waals surface area contributed by atoms with E-state index < -0.39 is 0 Å². The number of rotatable bonds is 7. The second-order valence-corrected chi connectivity index (χ2v) is 6.42. The number of nitrogens with one attached hydrogen (secondary N) is 1. The summed E-state index contributed by atoms with van der Waals surface area (Å²) in [6.07, 6.45) is 1.57. The summed E-state index contributed by atoms with van der Waals surface area (Å²) in [5.74, 6) is 1.65. The molecule has 8 heteroatoms. The first-order chi connectivity index (χ1) is 11.0. The number of carbonyl (C=O) groups excluding carboxylic acids is 2. The highest BCUT2D eigenvalue weighted by atomic mass is 32.2. The molecule has 1 N–H and O–H groups in total. The second-order valence-electron chi connectivity index (χ2n) is 5.09. The van der Waals surface area contributed by atoms with Crippen molar-refractivity contribution >= 4 is 29.4 Å². The number of nitrogens with zero attached hydrogens (tertiary/aromatic N) is 2. The summed E-state index contributed by atoms with van der Waals surface area (Å²) in [6, 6.07) is 5.23. The molecule has 1 atom stereocenters. The van der Waals surface area contributed by atoms with Crippen molar-refractivity contribution < 1.29 is 18.5 Å². The Morgan fingerprint density at radius 1 is 1.48 bits per heavy atom. The van der Waals surface area contributed by atoms with Crippen LogP contribution in [0.2, 0.25) is 0 Å². The first kappa shape index (κ1) is 17.1. The Hall–Kier alpha value is -2.22. The van der Waals surface area contributed by atoms with Gasteiger partial charge in [-0.3, -0.25) is 9.59 Å². The largest absolute Gasteiger partial charge is 0.467 e. The molecule has 0 aliphatic heterocycles. The average molecular weight is 337 g/mol. The maximum atomic E-state index is 12.1. The van der Waals surface area contributed by atoms with Crippen LogP contribution in [0.3, 0.4) is 0 Å². The van der Waals surface area contributed by atoms with Crippen molar-refractivity contribution in [3.63, 3.8) is 0 Å². The van der Waals surface area contributed by atoms with Crippen LogP contribution in [-0.4, -0.2) is 39.9 Å². The first-order valence-electron chi connectivity index (χ1n) is 7.08. The van der Waals surface area contributed by atoms with Gasteiger partial charge in [-0.05, 0) is 26.0 Å². The molecule has 2 heterocycles. The number of amides is 2. The van der Waals surface area contributed by atoms with E-state index in [0.29, 0.717) is 18.1 Å². The Morgan fingerprint density at radius 2 is 2.26 bits per heavy atom. The maximum Gasteiger partial charge on any atom is 0.238 e. The third kappa shape index (κ3) is 5.17. The third-order valence-electron chi connectivity index (χ3n) is 3.10. The number of hydrogen-bond donors (Lipinski definition) is 1. The van der Waals surface area contributed by atoms with E-state index >= 15 is 0 Å². The zero-order valence-electron chi connectivity index (χ0n) is 13.2. The third-order valence-corrected chi connectivity index (χ3v) is 4.23. The van der Waals surface area contributed by atoms with E-state index in [9.17, 15) is 9.59 Å². The van der Waals surface area contributed by atoms with Crippen LogP contribution in [0.15, 0.2) is 33.4 Å². The summed E-state index contributed by atoms with van der Waals surface area (Å²) >= 11 is 1.27. The van der Waals surface area contributed by atoms with E-state index in [4.69, 9.17) is 8.94 Å². The molecule has 0 aliphatic carbocycles. The molecule has 0 saturated heterocycles. The predicted octanol–water partition coefficient (Wildman–Crippen LogP) is 2.29. The van der Waals surface area contributed by atoms with Crippen LogP contribution in [0, 0.1) is 6.92 Å². The number of aryl methyl sites for hydroxylation is 1. The molecule has 2 aromatic rings. The molecule has 0 saturated carbocycles. The number of thioether (sulfide) groups is 1. The monoisotopic (exact) mass is 337 g/mol. The average Bonchev–Trinajstić information content (AvgIpc) is 3.16. The van der Waals surface area contributed by atoms with Crippen molar-refractivity contribution in [2.75, 3.05) is 18.1 Å². The van der Waals surface area contributed by atoms with Crippen LogP contribution < -0.4 is 5.32 Å². The van der Waals surface area contributed by atoms with Crippen molar-refractivity contribution in [3.8, 4) is 0 Å². The highest BCUT2D eigenvalue weighted by Gasteiger charge is 2.18. The molecule has 0 spiro atoms.